The van der Waals surface area contributed by atoms with E-state index in [1.54, 1.807) is 0 Å². The zero-order valence-corrected chi connectivity index (χ0v) is 19.9. The van der Waals surface area contributed by atoms with Gasteiger partial charge in [0.25, 0.3) is 0 Å². The molecular formula is C27H43F3O. The second-order valence-electron chi connectivity index (χ2n) is 12.2. The fourth-order valence-corrected chi connectivity index (χ4v) is 9.12. The lowest BCUT2D eigenvalue weighted by molar-refractivity contribution is -0.171. The van der Waals surface area contributed by atoms with Gasteiger partial charge in [0.1, 0.15) is 0 Å². The minimum absolute atomic E-state index is 0.334. The number of halogens is 3. The topological polar surface area (TPSA) is 17.1 Å². The molecule has 0 amide bonds. The van der Waals surface area contributed by atoms with Crippen LogP contribution in [0.4, 0.5) is 13.2 Å². The van der Waals surface area contributed by atoms with Crippen LogP contribution in [0.2, 0.25) is 0 Å². The molecule has 0 heterocycles. The Kier molecular flexibility index (Phi) is 6.60. The number of hydrogen-bond acceptors (Lipinski definition) is 1. The minimum Gasteiger partial charge on any atom is -0.290 e. The number of fused-ring (bicyclic) bond motifs is 5. The summed E-state index contributed by atoms with van der Waals surface area (Å²) in [6.07, 6.45) is 10.9. The van der Waals surface area contributed by atoms with Crippen LogP contribution in [0.1, 0.15) is 111 Å². The highest BCUT2D eigenvalue weighted by Gasteiger charge is 2.59. The molecule has 4 aliphatic carbocycles. The molecule has 4 rings (SSSR count). The second kappa shape index (κ2) is 8.67. The van der Waals surface area contributed by atoms with Gasteiger partial charge < -0.3 is 0 Å². The Hall–Kier alpha value is -0.540. The number of carbonyl (C=O) groups excluding carboxylic acids is 1. The Bertz CT molecular complexity index is 657. The van der Waals surface area contributed by atoms with Crippen LogP contribution in [-0.4, -0.2) is 12.0 Å². The van der Waals surface area contributed by atoms with Crippen molar-refractivity contribution in [2.75, 3.05) is 0 Å². The van der Waals surface area contributed by atoms with E-state index in [2.05, 4.69) is 20.8 Å². The smallest absolute Gasteiger partial charge is 0.290 e. The van der Waals surface area contributed by atoms with Crippen LogP contribution in [0.15, 0.2) is 0 Å². The molecule has 8 unspecified atom stereocenters. The van der Waals surface area contributed by atoms with E-state index < -0.39 is 12.0 Å². The molecule has 0 aliphatic heterocycles. The first-order valence-corrected chi connectivity index (χ1v) is 13.2. The van der Waals surface area contributed by atoms with E-state index in [0.717, 1.165) is 42.4 Å². The molecule has 0 bridgehead atoms. The number of alkyl halides is 3. The summed E-state index contributed by atoms with van der Waals surface area (Å²) < 4.78 is 37.4. The minimum atomic E-state index is -4.66. The normalized spacial score (nSPS) is 45.0. The van der Waals surface area contributed by atoms with Crippen molar-refractivity contribution >= 4 is 5.78 Å². The monoisotopic (exact) mass is 440 g/mol. The number of rotatable bonds is 6. The van der Waals surface area contributed by atoms with Crippen LogP contribution in [0.3, 0.4) is 0 Å². The molecular weight excluding hydrogens is 397 g/mol. The van der Waals surface area contributed by atoms with Gasteiger partial charge in [-0.2, -0.15) is 13.2 Å². The highest BCUT2D eigenvalue weighted by atomic mass is 19.4. The SMILES string of the molecule is CCC1CCC2(C)C(CCC3C4CCC(CCCCC(=O)C(F)(F)F)C4(C)CCC32)C1. The Labute approximate surface area is 187 Å². The van der Waals surface area contributed by atoms with Gasteiger partial charge in [0.15, 0.2) is 0 Å². The van der Waals surface area contributed by atoms with Gasteiger partial charge in [-0.1, -0.05) is 33.6 Å². The summed E-state index contributed by atoms with van der Waals surface area (Å²) in [7, 11) is 0. The largest absolute Gasteiger partial charge is 0.449 e. The zero-order chi connectivity index (χ0) is 22.4. The van der Waals surface area contributed by atoms with Gasteiger partial charge in [-0.05, 0) is 117 Å². The van der Waals surface area contributed by atoms with Crippen LogP contribution in [0.5, 0.6) is 0 Å². The van der Waals surface area contributed by atoms with Crippen molar-refractivity contribution in [2.45, 2.75) is 117 Å². The third kappa shape index (κ3) is 4.23. The first-order chi connectivity index (χ1) is 14.6. The van der Waals surface area contributed by atoms with Crippen LogP contribution < -0.4 is 0 Å². The Morgan fingerprint density at radius 3 is 2.32 bits per heavy atom. The van der Waals surface area contributed by atoms with Crippen LogP contribution in [0, 0.1) is 46.3 Å². The van der Waals surface area contributed by atoms with Crippen molar-refractivity contribution in [2.24, 2.45) is 46.3 Å². The molecule has 0 N–H and O–H groups in total. The van der Waals surface area contributed by atoms with Gasteiger partial charge in [-0.3, -0.25) is 4.79 Å². The molecule has 0 radical (unpaired) electrons. The Balaban J connectivity index is 1.36. The molecule has 0 aromatic rings. The average Bonchev–Trinajstić information content (AvgIpc) is 3.06. The summed E-state index contributed by atoms with van der Waals surface area (Å²) in [6, 6.07) is 0. The predicted molar refractivity (Wildman–Crippen MR) is 119 cm³/mol. The molecule has 4 aliphatic rings. The van der Waals surface area contributed by atoms with Gasteiger partial charge in [0.05, 0.1) is 0 Å². The van der Waals surface area contributed by atoms with E-state index in [4.69, 9.17) is 0 Å². The van der Waals surface area contributed by atoms with Gasteiger partial charge in [0.2, 0.25) is 5.78 Å². The maximum Gasteiger partial charge on any atom is 0.449 e. The number of carbonyl (C=O) groups is 1. The van der Waals surface area contributed by atoms with Crippen molar-refractivity contribution in [3.05, 3.63) is 0 Å². The summed E-state index contributed by atoms with van der Waals surface area (Å²) in [6.45, 7) is 7.50. The van der Waals surface area contributed by atoms with E-state index >= 15 is 0 Å². The maximum atomic E-state index is 12.5. The van der Waals surface area contributed by atoms with Crippen molar-refractivity contribution in [3.8, 4) is 0 Å². The summed E-state index contributed by atoms with van der Waals surface area (Å²) in [5, 5.41) is 0. The summed E-state index contributed by atoms with van der Waals surface area (Å²) in [4.78, 5) is 11.2. The number of Topliss-reactive ketones (excluding diaryl/α,β-unsaturated/α-hetero) is 1. The summed E-state index contributed by atoms with van der Waals surface area (Å²) in [5.41, 5.74) is 0.922. The van der Waals surface area contributed by atoms with Crippen LogP contribution in [-0.2, 0) is 4.79 Å². The van der Waals surface area contributed by atoms with Crippen molar-refractivity contribution < 1.29 is 18.0 Å². The lowest BCUT2D eigenvalue weighted by Gasteiger charge is -2.61. The number of ketones is 1. The Morgan fingerprint density at radius 2 is 1.61 bits per heavy atom. The average molecular weight is 441 g/mol. The zero-order valence-electron chi connectivity index (χ0n) is 19.9. The van der Waals surface area contributed by atoms with E-state index in [1.165, 1.54) is 64.2 Å². The molecule has 8 atom stereocenters. The summed E-state index contributed by atoms with van der Waals surface area (Å²) in [5.74, 6) is 3.55. The first kappa shape index (κ1) is 23.6. The van der Waals surface area contributed by atoms with E-state index in [1.807, 2.05) is 0 Å². The molecule has 0 spiro atoms. The predicted octanol–water partition coefficient (Wildman–Crippen LogP) is 8.36. The van der Waals surface area contributed by atoms with Crippen molar-refractivity contribution in [3.63, 3.8) is 0 Å². The van der Waals surface area contributed by atoms with Gasteiger partial charge >= 0.3 is 6.18 Å². The lowest BCUT2D eigenvalue weighted by atomic mass is 9.44. The number of unbranched alkanes of at least 4 members (excludes halogenated alkanes) is 1. The van der Waals surface area contributed by atoms with Gasteiger partial charge in [0, 0.05) is 6.42 Å². The molecule has 4 heteroatoms. The third-order valence-electron chi connectivity index (χ3n) is 11.1. The molecule has 31 heavy (non-hydrogen) atoms. The summed E-state index contributed by atoms with van der Waals surface area (Å²) >= 11 is 0. The molecule has 1 nitrogen and oxygen atoms in total. The van der Waals surface area contributed by atoms with Gasteiger partial charge in [-0.15, -0.1) is 0 Å². The van der Waals surface area contributed by atoms with Crippen LogP contribution >= 0.6 is 0 Å². The quantitative estimate of drug-likeness (QED) is 0.379. The van der Waals surface area contributed by atoms with E-state index in [9.17, 15) is 18.0 Å². The van der Waals surface area contributed by atoms with Crippen molar-refractivity contribution in [1.29, 1.82) is 0 Å². The highest BCUT2D eigenvalue weighted by Crippen LogP contribution is 2.68. The second-order valence-corrected chi connectivity index (χ2v) is 12.2. The fraction of sp³-hybridized carbons (Fsp3) is 0.963. The fourth-order valence-electron chi connectivity index (χ4n) is 9.12. The maximum absolute atomic E-state index is 12.5. The van der Waals surface area contributed by atoms with E-state index in [0.29, 0.717) is 23.2 Å². The molecule has 4 saturated carbocycles. The lowest BCUT2D eigenvalue weighted by Crippen LogP contribution is -2.53. The third-order valence-corrected chi connectivity index (χ3v) is 11.1. The van der Waals surface area contributed by atoms with Crippen molar-refractivity contribution in [1.82, 2.24) is 0 Å². The Morgan fingerprint density at radius 1 is 0.903 bits per heavy atom. The van der Waals surface area contributed by atoms with E-state index in [-0.39, 0.29) is 6.42 Å². The van der Waals surface area contributed by atoms with Gasteiger partial charge in [-0.25, -0.2) is 0 Å². The highest BCUT2D eigenvalue weighted by molar-refractivity contribution is 5.83. The first-order valence-electron chi connectivity index (χ1n) is 13.2. The molecule has 0 aromatic heterocycles. The van der Waals surface area contributed by atoms with Crippen LogP contribution in [0.25, 0.3) is 0 Å². The molecule has 0 aromatic carbocycles. The molecule has 178 valence electrons. The number of hydrogen-bond donors (Lipinski definition) is 0. The standard InChI is InChI=1S/C27H43F3O/c1-4-18-13-15-26(3)20(17-18)9-11-21-22-12-10-19(25(22,2)16-14-23(21)26)7-5-6-8-24(31)27(28,29)30/h18-23H,4-17H2,1-3H3. The molecule has 4 fully saturated rings. The molecule has 0 saturated heterocycles.